The van der Waals surface area contributed by atoms with E-state index in [1.807, 2.05) is 12.1 Å². The fourth-order valence-electron chi connectivity index (χ4n) is 0.647. The van der Waals surface area contributed by atoms with Crippen LogP contribution >= 0.6 is 67.2 Å². The van der Waals surface area contributed by atoms with Crippen molar-refractivity contribution < 1.29 is 4.52 Å². The van der Waals surface area contributed by atoms with E-state index >= 15 is 0 Å². The fraction of sp³-hybridized carbons (Fsp3) is 0. The first-order chi connectivity index (χ1) is 5.66. The predicted octanol–water partition coefficient (Wildman–Crippen LogP) is 4.83. The Morgan fingerprint density at radius 3 is 2.42 bits per heavy atom. The third-order valence-corrected chi connectivity index (χ3v) is 5.12. The molecule has 0 saturated heterocycles. The van der Waals surface area contributed by atoms with E-state index in [1.165, 1.54) is 0 Å². The Bertz CT molecular complexity index is 294. The fourth-order valence-corrected chi connectivity index (χ4v) is 2.76. The van der Waals surface area contributed by atoms with Gasteiger partial charge in [-0.15, -0.1) is 0 Å². The molecule has 0 heterocycles. The normalized spacial score (nSPS) is 11.0. The topological polar surface area (TPSA) is 9.23 Å². The summed E-state index contributed by atoms with van der Waals surface area (Å²) in [6.45, 7) is 0. The Morgan fingerprint density at radius 2 is 1.83 bits per heavy atom. The molecule has 1 atom stereocenters. The standard InChI is InChI=1S/C6H3Br3ClOP/c7-3-1-2-4(11-12-10)6(9)5(3)8/h1-2,12H/p+1. The first kappa shape index (κ1) is 11.3. The van der Waals surface area contributed by atoms with E-state index < -0.39 is 8.16 Å². The molecule has 0 aliphatic carbocycles. The molecule has 1 nitrogen and oxygen atoms in total. The van der Waals surface area contributed by atoms with E-state index in [9.17, 15) is 0 Å². The molecule has 0 aliphatic heterocycles. The third kappa shape index (κ3) is 2.58. The summed E-state index contributed by atoms with van der Waals surface area (Å²) < 4.78 is 8.02. The van der Waals surface area contributed by atoms with Crippen LogP contribution in [-0.2, 0) is 0 Å². The van der Waals surface area contributed by atoms with Crippen LogP contribution in [0.4, 0.5) is 0 Å². The van der Waals surface area contributed by atoms with Crippen LogP contribution in [0.3, 0.4) is 0 Å². The first-order valence-electron chi connectivity index (χ1n) is 2.89. The molecule has 1 aromatic rings. The quantitative estimate of drug-likeness (QED) is 0.512. The first-order valence-corrected chi connectivity index (χ1v) is 7.48. The minimum atomic E-state index is -0.499. The van der Waals surface area contributed by atoms with Gasteiger partial charge in [0.05, 0.1) is 4.47 Å². The molecule has 12 heavy (non-hydrogen) atoms. The number of hydrogen-bond donors (Lipinski definition) is 0. The lowest BCUT2D eigenvalue weighted by molar-refractivity contribution is 0.636. The van der Waals surface area contributed by atoms with Gasteiger partial charge >= 0.3 is 0 Å². The zero-order chi connectivity index (χ0) is 9.14. The Labute approximate surface area is 102 Å². The van der Waals surface area contributed by atoms with Crippen molar-refractivity contribution in [3.8, 4) is 5.75 Å². The van der Waals surface area contributed by atoms with Crippen LogP contribution in [0.1, 0.15) is 0 Å². The molecule has 0 N–H and O–H groups in total. The van der Waals surface area contributed by atoms with Crippen LogP contribution in [-0.4, -0.2) is 0 Å². The van der Waals surface area contributed by atoms with Crippen molar-refractivity contribution in [2.24, 2.45) is 0 Å². The van der Waals surface area contributed by atoms with Gasteiger partial charge in [0.25, 0.3) is 8.16 Å². The van der Waals surface area contributed by atoms with E-state index in [0.717, 1.165) is 19.2 Å². The second-order valence-electron chi connectivity index (χ2n) is 1.88. The summed E-state index contributed by atoms with van der Waals surface area (Å²) in [5.74, 6) is 0.759. The second-order valence-corrected chi connectivity index (χ2v) is 5.27. The predicted molar refractivity (Wildman–Crippen MR) is 65.7 cm³/mol. The van der Waals surface area contributed by atoms with Gasteiger partial charge in [0.15, 0.2) is 5.75 Å². The van der Waals surface area contributed by atoms with Crippen molar-refractivity contribution in [2.45, 2.75) is 0 Å². The highest BCUT2D eigenvalue weighted by molar-refractivity contribution is 9.14. The van der Waals surface area contributed by atoms with E-state index in [4.69, 9.17) is 15.8 Å². The smallest absolute Gasteiger partial charge is 0.264 e. The van der Waals surface area contributed by atoms with Crippen molar-refractivity contribution in [1.29, 1.82) is 0 Å². The van der Waals surface area contributed by atoms with E-state index in [0.29, 0.717) is 0 Å². The monoisotopic (exact) mass is 395 g/mol. The zero-order valence-corrected chi connectivity index (χ0v) is 12.3. The number of halogens is 4. The summed E-state index contributed by atoms with van der Waals surface area (Å²) in [5, 5.41) is 0. The highest BCUT2D eigenvalue weighted by atomic mass is 79.9. The summed E-state index contributed by atoms with van der Waals surface area (Å²) in [7, 11) is -0.499. The molecule has 0 fully saturated rings. The van der Waals surface area contributed by atoms with Crippen LogP contribution in [0.2, 0.25) is 0 Å². The van der Waals surface area contributed by atoms with Crippen molar-refractivity contribution in [1.82, 2.24) is 0 Å². The molecular formula is C6H4Br3ClOP+. The Hall–Kier alpha value is 1.18. The SMILES string of the molecule is Cl[PH2+]Oc1ccc(Br)c(Br)c1Br. The summed E-state index contributed by atoms with van der Waals surface area (Å²) in [6, 6.07) is 3.75. The molecule has 66 valence electrons. The van der Waals surface area contributed by atoms with Gasteiger partial charge in [-0.2, -0.15) is 0 Å². The third-order valence-electron chi connectivity index (χ3n) is 1.17. The average molecular weight is 398 g/mol. The maximum absolute atomic E-state index is 5.51. The largest absolute Gasteiger partial charge is 0.336 e. The van der Waals surface area contributed by atoms with Gasteiger partial charge in [-0.1, -0.05) is 0 Å². The van der Waals surface area contributed by atoms with E-state index in [2.05, 4.69) is 47.8 Å². The molecule has 1 aromatic carbocycles. The molecule has 1 rings (SSSR count). The molecule has 1 unspecified atom stereocenters. The summed E-state index contributed by atoms with van der Waals surface area (Å²) >= 11 is 15.7. The molecule has 0 saturated carbocycles. The zero-order valence-electron chi connectivity index (χ0n) is 5.65. The van der Waals surface area contributed by atoms with Crippen molar-refractivity contribution in [2.75, 3.05) is 0 Å². The Kier molecular flexibility index (Phi) is 4.84. The lowest BCUT2D eigenvalue weighted by atomic mass is 10.3. The van der Waals surface area contributed by atoms with Gasteiger partial charge in [0, 0.05) is 8.95 Å². The van der Waals surface area contributed by atoms with Crippen LogP contribution in [0.25, 0.3) is 0 Å². The summed E-state index contributed by atoms with van der Waals surface area (Å²) in [6.07, 6.45) is 0. The Morgan fingerprint density at radius 1 is 1.17 bits per heavy atom. The molecule has 0 bridgehead atoms. The minimum Gasteiger partial charge on any atom is -0.336 e. The van der Waals surface area contributed by atoms with Crippen molar-refractivity contribution in [3.63, 3.8) is 0 Å². The average Bonchev–Trinajstić information content (AvgIpc) is 2.07. The lowest BCUT2D eigenvalue weighted by Crippen LogP contribution is -1.80. The summed E-state index contributed by atoms with van der Waals surface area (Å²) in [4.78, 5) is 0. The molecule has 6 heteroatoms. The Balaban J connectivity index is 3.08. The lowest BCUT2D eigenvalue weighted by Gasteiger charge is -2.02. The maximum atomic E-state index is 5.51. The number of hydrogen-bond acceptors (Lipinski definition) is 1. The van der Waals surface area contributed by atoms with Crippen LogP contribution in [0, 0.1) is 0 Å². The number of rotatable bonds is 2. The van der Waals surface area contributed by atoms with Gasteiger partial charge in [-0.25, -0.2) is 0 Å². The van der Waals surface area contributed by atoms with Gasteiger partial charge in [0.2, 0.25) is 0 Å². The maximum Gasteiger partial charge on any atom is 0.264 e. The summed E-state index contributed by atoms with van der Waals surface area (Å²) in [5.41, 5.74) is 0. The van der Waals surface area contributed by atoms with Gasteiger partial charge in [-0.05, 0) is 59.9 Å². The van der Waals surface area contributed by atoms with Crippen molar-refractivity contribution in [3.05, 3.63) is 25.6 Å². The van der Waals surface area contributed by atoms with Gasteiger partial charge in [-0.3, -0.25) is 0 Å². The number of benzene rings is 1. The van der Waals surface area contributed by atoms with E-state index in [1.54, 1.807) is 0 Å². The van der Waals surface area contributed by atoms with Crippen LogP contribution < -0.4 is 4.52 Å². The van der Waals surface area contributed by atoms with E-state index in [-0.39, 0.29) is 0 Å². The molecule has 0 amide bonds. The molecular weight excluding hydrogens is 394 g/mol. The van der Waals surface area contributed by atoms with Crippen LogP contribution in [0.15, 0.2) is 25.6 Å². The highest BCUT2D eigenvalue weighted by Crippen LogP contribution is 2.40. The van der Waals surface area contributed by atoms with Crippen LogP contribution in [0.5, 0.6) is 5.75 Å². The van der Waals surface area contributed by atoms with Crippen molar-refractivity contribution >= 4 is 67.2 Å². The molecule has 0 aromatic heterocycles. The van der Waals surface area contributed by atoms with Gasteiger partial charge < -0.3 is 4.52 Å². The molecule has 0 spiro atoms. The second kappa shape index (κ2) is 5.16. The minimum absolute atomic E-state index is 0.499. The highest BCUT2D eigenvalue weighted by Gasteiger charge is 2.10. The van der Waals surface area contributed by atoms with Gasteiger partial charge in [0.1, 0.15) is 11.2 Å². The molecule has 0 aliphatic rings. The molecule has 0 radical (unpaired) electrons.